The van der Waals surface area contributed by atoms with E-state index in [0.29, 0.717) is 0 Å². The van der Waals surface area contributed by atoms with E-state index < -0.39 is 197 Å². The number of aliphatic hydroxyl groups is 13. The summed E-state index contributed by atoms with van der Waals surface area (Å²) in [5, 5.41) is 132. The van der Waals surface area contributed by atoms with Gasteiger partial charge in [0.2, 0.25) is 0 Å². The van der Waals surface area contributed by atoms with E-state index in [1.807, 2.05) is 0 Å². The molecule has 2 aliphatic carbocycles. The Morgan fingerprint density at radius 1 is 0.333 bits per heavy atom. The van der Waals surface area contributed by atoms with Crippen LogP contribution in [0.2, 0.25) is 0 Å². The average Bonchev–Trinajstić information content (AvgIpc) is 3.29. The van der Waals surface area contributed by atoms with Crippen LogP contribution in [0.4, 0.5) is 0 Å². The van der Waals surface area contributed by atoms with Gasteiger partial charge >= 0.3 is 0 Å². The van der Waals surface area contributed by atoms with Gasteiger partial charge in [0.15, 0.2) is 25.2 Å². The highest BCUT2D eigenvalue weighted by atomic mass is 16.7. The molecule has 6 rings (SSSR count). The summed E-state index contributed by atoms with van der Waals surface area (Å²) in [5.41, 5.74) is 53.1. The zero-order valence-corrected chi connectivity index (χ0v) is 35.8. The standard InChI is InChI=1S/C18H37N5O10.C18H36N4O11/c19-2-6-11(26)12(27)9(23)17(30-6)32-15-4(20)1-5(21)16(14(15)29)33-18-13(28)8(22)10(25)7(3-24)31-18;19-2-6-10(25)12(27)13(28)18(30-6)33-16-5(21)1-4(20)15(14(16)29)32-17-11(26)8(22)9(24)7(3-23)31-17/h4-18,24-29H,1-3,19-23H2;4-18,23-29H,1-3,19-22H2/t4?,5?,6?,7-,8-,9?,10?,11-,12-,13-,14+,15?,16-,17-,18?;4?,5?,6?,7-,8-,9?,10-,11-,12+,13?,14-,15-,16?,17?,18-/m11/s1. The second kappa shape index (κ2) is 23.8. The van der Waals surface area contributed by atoms with Crippen molar-refractivity contribution >= 4 is 0 Å². The minimum Gasteiger partial charge on any atom is -0.394 e. The highest BCUT2D eigenvalue weighted by Gasteiger charge is 2.54. The molecule has 6 fully saturated rings. The Morgan fingerprint density at radius 2 is 0.636 bits per heavy atom. The molecule has 4 aliphatic heterocycles. The monoisotopic (exact) mass is 967 g/mol. The summed E-state index contributed by atoms with van der Waals surface area (Å²) in [7, 11) is 0. The Bertz CT molecular complexity index is 1270. The lowest BCUT2D eigenvalue weighted by Crippen LogP contribution is -2.69. The van der Waals surface area contributed by atoms with Crippen molar-refractivity contribution in [1.29, 1.82) is 0 Å². The Balaban J connectivity index is 0.000000247. The quantitative estimate of drug-likeness (QED) is 0.0863. The minimum atomic E-state index is -1.66. The van der Waals surface area contributed by atoms with Crippen LogP contribution in [0, 0.1) is 0 Å². The molecule has 0 aromatic rings. The van der Waals surface area contributed by atoms with E-state index in [1.165, 1.54) is 0 Å². The molecule has 388 valence electrons. The average molecular weight is 968 g/mol. The van der Waals surface area contributed by atoms with E-state index in [1.54, 1.807) is 0 Å². The number of hydrogen-bond donors (Lipinski definition) is 22. The summed E-state index contributed by atoms with van der Waals surface area (Å²) in [4.78, 5) is 0. The SMILES string of the molecule is NCC1O[C@H](OC2C(N)CC(N)[C@@H](OC3O[C@H](CO)C(O)[C@@H](N)[C@H]3O)[C@H]2O)C(N)[C@@H](O)[C@@H]1O.NCC1O[C@H](OC2C(N)CC(N)[C@@H](OC3O[C@H](CO)C(O)[C@@H](N)[C@H]3O)[C@H]2O)C(O)[C@@H](O)[C@@H]1O. The fourth-order valence-electron chi connectivity index (χ4n) is 8.85. The topological polar surface area (TPSA) is 571 Å². The number of aliphatic hydroxyl groups excluding tert-OH is 13. The first kappa shape index (κ1) is 55.7. The van der Waals surface area contributed by atoms with Gasteiger partial charge in [0.1, 0.15) is 116 Å². The van der Waals surface area contributed by atoms with Gasteiger partial charge in [0, 0.05) is 37.3 Å². The molecular weight excluding hydrogens is 894 g/mol. The van der Waals surface area contributed by atoms with Gasteiger partial charge in [-0.2, -0.15) is 0 Å². The van der Waals surface area contributed by atoms with E-state index in [-0.39, 0.29) is 25.9 Å². The summed E-state index contributed by atoms with van der Waals surface area (Å²) in [5.74, 6) is 0. The number of ether oxygens (including phenoxy) is 8. The smallest absolute Gasteiger partial charge is 0.187 e. The van der Waals surface area contributed by atoms with Crippen LogP contribution < -0.4 is 51.6 Å². The van der Waals surface area contributed by atoms with Gasteiger partial charge in [-0.1, -0.05) is 0 Å². The van der Waals surface area contributed by atoms with Gasteiger partial charge in [-0.25, -0.2) is 0 Å². The summed E-state index contributed by atoms with van der Waals surface area (Å²) >= 11 is 0. The molecule has 30 atom stereocenters. The molecule has 30 heteroatoms. The van der Waals surface area contributed by atoms with Crippen molar-refractivity contribution in [3.63, 3.8) is 0 Å². The largest absolute Gasteiger partial charge is 0.394 e. The highest BCUT2D eigenvalue weighted by Crippen LogP contribution is 2.33. The van der Waals surface area contributed by atoms with E-state index in [0.717, 1.165) is 0 Å². The summed E-state index contributed by atoms with van der Waals surface area (Å²) in [6, 6.07) is -6.78. The van der Waals surface area contributed by atoms with Crippen molar-refractivity contribution in [2.75, 3.05) is 26.3 Å². The molecule has 0 aromatic heterocycles. The normalized spacial score (nSPS) is 53.7. The number of hydrogen-bond acceptors (Lipinski definition) is 30. The Hall–Kier alpha value is -1.20. The van der Waals surface area contributed by atoms with Gasteiger partial charge in [-0.15, -0.1) is 0 Å². The molecule has 0 amide bonds. The van der Waals surface area contributed by atoms with Crippen LogP contribution >= 0.6 is 0 Å². The van der Waals surface area contributed by atoms with Gasteiger partial charge < -0.3 is 156 Å². The molecule has 4 saturated heterocycles. The Labute approximate surface area is 378 Å². The van der Waals surface area contributed by atoms with Crippen LogP contribution in [-0.2, 0) is 37.9 Å². The van der Waals surface area contributed by atoms with Crippen LogP contribution in [0.5, 0.6) is 0 Å². The first-order valence-electron chi connectivity index (χ1n) is 21.7. The highest BCUT2D eigenvalue weighted by molar-refractivity contribution is 5.03. The summed E-state index contributed by atoms with van der Waals surface area (Å²) in [6.45, 7) is -1.46. The molecule has 0 radical (unpaired) electrons. The first-order valence-corrected chi connectivity index (χ1v) is 21.7. The fourth-order valence-corrected chi connectivity index (χ4v) is 8.85. The lowest BCUT2D eigenvalue weighted by molar-refractivity contribution is -0.332. The van der Waals surface area contributed by atoms with E-state index in [2.05, 4.69) is 0 Å². The van der Waals surface area contributed by atoms with Crippen LogP contribution in [0.3, 0.4) is 0 Å². The van der Waals surface area contributed by atoms with Gasteiger partial charge in [0.25, 0.3) is 0 Å². The molecule has 0 spiro atoms. The zero-order chi connectivity index (χ0) is 49.2. The maximum atomic E-state index is 11.0. The number of rotatable bonds is 12. The van der Waals surface area contributed by atoms with Crippen molar-refractivity contribution in [1.82, 2.24) is 0 Å². The van der Waals surface area contributed by atoms with Crippen molar-refractivity contribution in [2.24, 2.45) is 51.6 Å². The molecule has 14 unspecified atom stereocenters. The van der Waals surface area contributed by atoms with E-state index in [9.17, 15) is 66.4 Å². The van der Waals surface area contributed by atoms with E-state index in [4.69, 9.17) is 89.5 Å². The van der Waals surface area contributed by atoms with Crippen molar-refractivity contribution in [3.05, 3.63) is 0 Å². The van der Waals surface area contributed by atoms with Crippen LogP contribution in [-0.4, -0.2) is 276 Å². The maximum Gasteiger partial charge on any atom is 0.187 e. The first-order chi connectivity index (χ1) is 31.0. The summed E-state index contributed by atoms with van der Waals surface area (Å²) < 4.78 is 44.7. The molecule has 0 bridgehead atoms. The molecular formula is C36H73N9O21. The lowest BCUT2D eigenvalue weighted by Gasteiger charge is -2.48. The Morgan fingerprint density at radius 3 is 0.985 bits per heavy atom. The third-order valence-corrected chi connectivity index (χ3v) is 13.0. The minimum absolute atomic E-state index is 0.0849. The van der Waals surface area contributed by atoms with Crippen LogP contribution in [0.1, 0.15) is 12.8 Å². The van der Waals surface area contributed by atoms with Gasteiger partial charge in [-0.05, 0) is 12.8 Å². The molecule has 0 aromatic carbocycles. The zero-order valence-electron chi connectivity index (χ0n) is 35.8. The summed E-state index contributed by atoms with van der Waals surface area (Å²) in [6.07, 6.45) is -30.3. The Kier molecular flexibility index (Phi) is 20.1. The fraction of sp³-hybridized carbons (Fsp3) is 1.00. The number of nitrogens with two attached hydrogens (primary N) is 9. The molecule has 4 heterocycles. The van der Waals surface area contributed by atoms with Gasteiger partial charge in [0.05, 0.1) is 31.3 Å². The molecule has 31 N–H and O–H groups in total. The van der Waals surface area contributed by atoms with Crippen molar-refractivity contribution < 1.29 is 104 Å². The van der Waals surface area contributed by atoms with Crippen molar-refractivity contribution in [3.8, 4) is 0 Å². The van der Waals surface area contributed by atoms with Crippen molar-refractivity contribution in [2.45, 2.75) is 196 Å². The maximum absolute atomic E-state index is 11.0. The molecule has 66 heavy (non-hydrogen) atoms. The lowest BCUT2D eigenvalue weighted by atomic mass is 9.84. The third-order valence-electron chi connectivity index (χ3n) is 13.0. The van der Waals surface area contributed by atoms with Crippen LogP contribution in [0.25, 0.3) is 0 Å². The second-order valence-corrected chi connectivity index (χ2v) is 17.7. The molecule has 6 aliphatic rings. The predicted molar refractivity (Wildman–Crippen MR) is 218 cm³/mol. The molecule has 30 nitrogen and oxygen atoms in total. The molecule has 2 saturated carbocycles. The predicted octanol–water partition coefficient (Wildman–Crippen LogP) is -14.6. The second-order valence-electron chi connectivity index (χ2n) is 17.7. The van der Waals surface area contributed by atoms with E-state index >= 15 is 0 Å². The third kappa shape index (κ3) is 11.8. The van der Waals surface area contributed by atoms with Gasteiger partial charge in [-0.3, -0.25) is 0 Å². The van der Waals surface area contributed by atoms with Crippen LogP contribution in [0.15, 0.2) is 0 Å².